The van der Waals surface area contributed by atoms with Crippen molar-refractivity contribution in [2.24, 2.45) is 0 Å². The van der Waals surface area contributed by atoms with Crippen molar-refractivity contribution >= 4 is 17.6 Å². The number of carboxylic acid groups (broad SMARTS) is 1. The maximum Gasteiger partial charge on any atom is 0.337 e. The number of carboxylic acids is 1. The Balaban J connectivity index is 2.93. The molecule has 0 aliphatic rings. The van der Waals surface area contributed by atoms with Crippen LogP contribution in [0.4, 0.5) is 0 Å². The highest BCUT2D eigenvalue weighted by Gasteiger charge is 2.09. The van der Waals surface area contributed by atoms with Crippen molar-refractivity contribution < 1.29 is 9.90 Å². The summed E-state index contributed by atoms with van der Waals surface area (Å²) < 4.78 is 0. The summed E-state index contributed by atoms with van der Waals surface area (Å²) in [6.45, 7) is 0.760. The van der Waals surface area contributed by atoms with Crippen LogP contribution in [0.15, 0.2) is 12.3 Å². The predicted octanol–water partition coefficient (Wildman–Crippen LogP) is 1.39. The van der Waals surface area contributed by atoms with E-state index < -0.39 is 5.97 Å². The van der Waals surface area contributed by atoms with Crippen LogP contribution in [0.2, 0.25) is 5.15 Å². The van der Waals surface area contributed by atoms with Crippen LogP contribution in [-0.2, 0) is 0 Å². The van der Waals surface area contributed by atoms with Gasteiger partial charge in [0, 0.05) is 19.2 Å². The van der Waals surface area contributed by atoms with Gasteiger partial charge in [-0.2, -0.15) is 0 Å². The quantitative estimate of drug-likeness (QED) is 0.475. The van der Waals surface area contributed by atoms with Crippen LogP contribution in [0.25, 0.3) is 0 Å². The molecule has 0 atom stereocenters. The number of carbonyl (C=O) groups is 1. The summed E-state index contributed by atoms with van der Waals surface area (Å²) in [6, 6.07) is 1.30. The van der Waals surface area contributed by atoms with Crippen molar-refractivity contribution in [3.8, 4) is 11.8 Å². The second kappa shape index (κ2) is 6.11. The van der Waals surface area contributed by atoms with E-state index in [0.29, 0.717) is 12.0 Å². The third-order valence-corrected chi connectivity index (χ3v) is 2.03. The maximum absolute atomic E-state index is 10.9. The monoisotopic (exact) mass is 238 g/mol. The fourth-order valence-electron chi connectivity index (χ4n) is 1.05. The molecule has 1 heterocycles. The summed E-state index contributed by atoms with van der Waals surface area (Å²) >= 11 is 5.61. The fraction of sp³-hybridized carbons (Fsp3) is 0.273. The van der Waals surface area contributed by atoms with Crippen molar-refractivity contribution in [3.63, 3.8) is 0 Å². The summed E-state index contributed by atoms with van der Waals surface area (Å²) in [7, 11) is 1.83. The zero-order valence-corrected chi connectivity index (χ0v) is 9.51. The summed E-state index contributed by atoms with van der Waals surface area (Å²) in [5.41, 5.74) is 0.463. The summed E-state index contributed by atoms with van der Waals surface area (Å²) in [5.74, 6) is 4.57. The van der Waals surface area contributed by atoms with E-state index in [1.165, 1.54) is 12.3 Å². The lowest BCUT2D eigenvalue weighted by Gasteiger charge is -1.98. The first-order valence-electron chi connectivity index (χ1n) is 4.67. The minimum absolute atomic E-state index is 0.0805. The second-order valence-electron chi connectivity index (χ2n) is 3.01. The molecule has 0 fully saturated rings. The van der Waals surface area contributed by atoms with Crippen molar-refractivity contribution in [1.29, 1.82) is 0 Å². The van der Waals surface area contributed by atoms with Gasteiger partial charge >= 0.3 is 5.97 Å². The highest BCUT2D eigenvalue weighted by Crippen LogP contribution is 2.12. The van der Waals surface area contributed by atoms with Crippen LogP contribution in [0.5, 0.6) is 0 Å². The third-order valence-electron chi connectivity index (χ3n) is 1.82. The lowest BCUT2D eigenvalue weighted by Crippen LogP contribution is -2.06. The van der Waals surface area contributed by atoms with Gasteiger partial charge in [-0.05, 0) is 13.1 Å². The van der Waals surface area contributed by atoms with Crippen molar-refractivity contribution in [2.75, 3.05) is 13.6 Å². The first-order valence-corrected chi connectivity index (χ1v) is 5.05. The molecule has 0 aliphatic heterocycles. The van der Waals surface area contributed by atoms with Gasteiger partial charge in [-0.1, -0.05) is 23.4 Å². The Kier molecular flexibility index (Phi) is 4.77. The molecule has 0 aromatic carbocycles. The SMILES string of the molecule is CNCCC#Cc1cnc(Cl)cc1C(=O)O. The molecular formula is C11H11ClN2O2. The van der Waals surface area contributed by atoms with E-state index in [4.69, 9.17) is 16.7 Å². The largest absolute Gasteiger partial charge is 0.478 e. The average molecular weight is 239 g/mol. The number of nitrogens with zero attached hydrogens (tertiary/aromatic N) is 1. The van der Waals surface area contributed by atoms with E-state index in [0.717, 1.165) is 6.54 Å². The Morgan fingerprint density at radius 3 is 3.06 bits per heavy atom. The molecule has 1 aromatic heterocycles. The molecule has 0 saturated carbocycles. The molecule has 0 spiro atoms. The summed E-state index contributed by atoms with van der Waals surface area (Å²) in [6.07, 6.45) is 2.02. The molecule has 0 saturated heterocycles. The predicted molar refractivity (Wildman–Crippen MR) is 61.6 cm³/mol. The molecule has 0 radical (unpaired) electrons. The number of hydrogen-bond acceptors (Lipinski definition) is 3. The second-order valence-corrected chi connectivity index (χ2v) is 3.40. The van der Waals surface area contributed by atoms with Crippen LogP contribution < -0.4 is 5.32 Å². The van der Waals surface area contributed by atoms with Gasteiger partial charge in [-0.25, -0.2) is 9.78 Å². The first kappa shape index (κ1) is 12.5. The molecule has 1 rings (SSSR count). The number of aromatic nitrogens is 1. The number of pyridine rings is 1. The van der Waals surface area contributed by atoms with E-state index in [1.807, 2.05) is 7.05 Å². The highest BCUT2D eigenvalue weighted by atomic mass is 35.5. The Morgan fingerprint density at radius 2 is 2.44 bits per heavy atom. The third kappa shape index (κ3) is 3.54. The molecule has 5 heteroatoms. The van der Waals surface area contributed by atoms with Crippen LogP contribution in [0.1, 0.15) is 22.3 Å². The molecule has 16 heavy (non-hydrogen) atoms. The Bertz CT molecular complexity index is 449. The van der Waals surface area contributed by atoms with Gasteiger partial charge in [0.05, 0.1) is 11.1 Å². The smallest absolute Gasteiger partial charge is 0.337 e. The first-order chi connectivity index (χ1) is 7.65. The Labute approximate surface area is 98.6 Å². The average Bonchev–Trinajstić information content (AvgIpc) is 2.26. The van der Waals surface area contributed by atoms with E-state index in [-0.39, 0.29) is 10.7 Å². The maximum atomic E-state index is 10.9. The van der Waals surface area contributed by atoms with Crippen LogP contribution in [-0.4, -0.2) is 29.7 Å². The van der Waals surface area contributed by atoms with Gasteiger partial charge < -0.3 is 10.4 Å². The molecule has 0 amide bonds. The summed E-state index contributed by atoms with van der Waals surface area (Å²) in [4.78, 5) is 14.7. The standard InChI is InChI=1S/C11H11ClN2O2/c1-13-5-3-2-4-8-7-14-10(12)6-9(8)11(15)16/h6-7,13H,3,5H2,1H3,(H,15,16). The van der Waals surface area contributed by atoms with Crippen LogP contribution in [0.3, 0.4) is 0 Å². The normalized spacial score (nSPS) is 9.38. The van der Waals surface area contributed by atoms with E-state index >= 15 is 0 Å². The molecular weight excluding hydrogens is 228 g/mol. The van der Waals surface area contributed by atoms with E-state index in [1.54, 1.807) is 0 Å². The van der Waals surface area contributed by atoms with Crippen LogP contribution in [0, 0.1) is 11.8 Å². The van der Waals surface area contributed by atoms with Gasteiger partial charge in [0.1, 0.15) is 5.15 Å². The molecule has 1 aromatic rings. The van der Waals surface area contributed by atoms with Crippen LogP contribution >= 0.6 is 11.6 Å². The van der Waals surface area contributed by atoms with Crippen molar-refractivity contribution in [1.82, 2.24) is 10.3 Å². The number of halogens is 1. The minimum atomic E-state index is -1.05. The molecule has 0 unspecified atom stereocenters. The number of nitrogens with one attached hydrogen (secondary N) is 1. The van der Waals surface area contributed by atoms with E-state index in [9.17, 15) is 4.79 Å². The lowest BCUT2D eigenvalue weighted by molar-refractivity contribution is 0.0696. The van der Waals surface area contributed by atoms with Gasteiger partial charge in [0.15, 0.2) is 0 Å². The molecule has 0 aliphatic carbocycles. The minimum Gasteiger partial charge on any atom is -0.478 e. The lowest BCUT2D eigenvalue weighted by atomic mass is 10.1. The van der Waals surface area contributed by atoms with Gasteiger partial charge in [-0.3, -0.25) is 0 Å². The molecule has 4 nitrogen and oxygen atoms in total. The van der Waals surface area contributed by atoms with Crippen molar-refractivity contribution in [2.45, 2.75) is 6.42 Å². The van der Waals surface area contributed by atoms with Crippen molar-refractivity contribution in [3.05, 3.63) is 28.5 Å². The zero-order valence-electron chi connectivity index (χ0n) is 8.75. The van der Waals surface area contributed by atoms with E-state index in [2.05, 4.69) is 22.1 Å². The molecule has 84 valence electrons. The topological polar surface area (TPSA) is 62.2 Å². The van der Waals surface area contributed by atoms with Gasteiger partial charge in [0.2, 0.25) is 0 Å². The molecule has 0 bridgehead atoms. The molecule has 2 N–H and O–H groups in total. The van der Waals surface area contributed by atoms with Gasteiger partial charge in [-0.15, -0.1) is 0 Å². The number of hydrogen-bond donors (Lipinski definition) is 2. The Hall–Kier alpha value is -1.57. The fourth-order valence-corrected chi connectivity index (χ4v) is 1.21. The Morgan fingerprint density at radius 1 is 1.69 bits per heavy atom. The summed E-state index contributed by atoms with van der Waals surface area (Å²) in [5, 5.41) is 12.0. The number of aromatic carboxylic acids is 1. The highest BCUT2D eigenvalue weighted by molar-refractivity contribution is 6.29. The zero-order chi connectivity index (χ0) is 12.0. The number of rotatable bonds is 3. The van der Waals surface area contributed by atoms with Gasteiger partial charge in [0.25, 0.3) is 0 Å².